The zero-order valence-corrected chi connectivity index (χ0v) is 8.12. The Morgan fingerprint density at radius 2 is 2.27 bits per heavy atom. The van der Waals surface area contributed by atoms with Gasteiger partial charge in [-0.1, -0.05) is 13.8 Å². The average Bonchev–Trinajstić information content (AvgIpc) is 2.05. The van der Waals surface area contributed by atoms with E-state index in [9.17, 15) is 4.21 Å². The highest BCUT2D eigenvalue weighted by Crippen LogP contribution is 2.11. The second kappa shape index (κ2) is 4.21. The summed E-state index contributed by atoms with van der Waals surface area (Å²) in [5.74, 6) is 0. The molecule has 1 N–H and O–H groups in total. The van der Waals surface area contributed by atoms with Gasteiger partial charge in [0.05, 0.1) is 0 Å². The minimum atomic E-state index is -0.621. The van der Waals surface area contributed by atoms with Crippen LogP contribution in [0.5, 0.6) is 0 Å². The van der Waals surface area contributed by atoms with E-state index in [1.807, 2.05) is 13.8 Å². The highest BCUT2D eigenvalue weighted by molar-refractivity contribution is 7.86. The summed E-state index contributed by atoms with van der Waals surface area (Å²) in [6, 6.07) is 0. The smallest absolute Gasteiger partial charge is 0.0475 e. The Balaban J connectivity index is 2.39. The Kier molecular flexibility index (Phi) is 3.52. The lowest BCUT2D eigenvalue weighted by Gasteiger charge is -2.23. The van der Waals surface area contributed by atoms with E-state index >= 15 is 0 Å². The van der Waals surface area contributed by atoms with Crippen molar-refractivity contribution < 1.29 is 4.21 Å². The molecule has 1 aliphatic rings. The lowest BCUT2D eigenvalue weighted by atomic mass is 10.2. The topological polar surface area (TPSA) is 29.1 Å². The molecule has 0 radical (unpaired) electrons. The van der Waals surface area contributed by atoms with Crippen molar-refractivity contribution in [1.82, 2.24) is 5.32 Å². The van der Waals surface area contributed by atoms with Crippen molar-refractivity contribution in [2.24, 2.45) is 0 Å². The summed E-state index contributed by atoms with van der Waals surface area (Å²) in [7, 11) is -0.621. The standard InChI is InChI=1S/C8H17NOS/c1-7(2)11(10)8-4-3-5-9-6-8/h7-9H,3-6H2,1-2H3. The maximum absolute atomic E-state index is 11.6. The first-order valence-electron chi connectivity index (χ1n) is 4.32. The van der Waals surface area contributed by atoms with E-state index in [1.165, 1.54) is 6.42 Å². The van der Waals surface area contributed by atoms with E-state index in [-0.39, 0.29) is 0 Å². The first-order chi connectivity index (χ1) is 5.22. The number of piperidine rings is 1. The number of hydrogen-bond acceptors (Lipinski definition) is 2. The van der Waals surface area contributed by atoms with Crippen molar-refractivity contribution >= 4 is 10.8 Å². The molecular weight excluding hydrogens is 158 g/mol. The van der Waals surface area contributed by atoms with E-state index in [2.05, 4.69) is 5.32 Å². The Bertz CT molecular complexity index is 141. The Morgan fingerprint density at radius 1 is 1.55 bits per heavy atom. The molecule has 0 saturated carbocycles. The third kappa shape index (κ3) is 2.56. The molecule has 3 heteroatoms. The van der Waals surface area contributed by atoms with Gasteiger partial charge in [-0.25, -0.2) is 0 Å². The fourth-order valence-electron chi connectivity index (χ4n) is 1.40. The molecule has 0 bridgehead atoms. The van der Waals surface area contributed by atoms with Crippen LogP contribution in [0.25, 0.3) is 0 Å². The van der Waals surface area contributed by atoms with Crippen LogP contribution in [0.2, 0.25) is 0 Å². The molecule has 1 rings (SSSR count). The van der Waals surface area contributed by atoms with E-state index in [1.54, 1.807) is 0 Å². The Morgan fingerprint density at radius 3 is 2.73 bits per heavy atom. The molecule has 0 aromatic carbocycles. The summed E-state index contributed by atoms with van der Waals surface area (Å²) in [5, 5.41) is 4.00. The predicted octanol–water partition coefficient (Wildman–Crippen LogP) is 0.895. The van der Waals surface area contributed by atoms with Crippen LogP contribution in [0.3, 0.4) is 0 Å². The maximum atomic E-state index is 11.6. The normalized spacial score (nSPS) is 28.8. The lowest BCUT2D eigenvalue weighted by Crippen LogP contribution is -2.38. The molecule has 1 aliphatic heterocycles. The summed E-state index contributed by atoms with van der Waals surface area (Å²) >= 11 is 0. The summed E-state index contributed by atoms with van der Waals surface area (Å²) < 4.78 is 11.6. The zero-order chi connectivity index (χ0) is 8.27. The van der Waals surface area contributed by atoms with Crippen molar-refractivity contribution in [3.8, 4) is 0 Å². The molecule has 66 valence electrons. The van der Waals surface area contributed by atoms with Crippen LogP contribution in [0, 0.1) is 0 Å². The molecule has 0 aliphatic carbocycles. The fraction of sp³-hybridized carbons (Fsp3) is 1.00. The molecule has 11 heavy (non-hydrogen) atoms. The maximum Gasteiger partial charge on any atom is 0.0475 e. The van der Waals surface area contributed by atoms with Crippen molar-refractivity contribution in [2.45, 2.75) is 37.2 Å². The van der Waals surface area contributed by atoms with E-state index in [4.69, 9.17) is 0 Å². The number of nitrogens with one attached hydrogen (secondary N) is 1. The van der Waals surface area contributed by atoms with Gasteiger partial charge in [0, 0.05) is 27.8 Å². The second-order valence-electron chi connectivity index (χ2n) is 3.35. The average molecular weight is 175 g/mol. The Hall–Kier alpha value is 0.110. The first kappa shape index (κ1) is 9.20. The molecule has 0 aromatic rings. The minimum Gasteiger partial charge on any atom is -0.316 e. The largest absolute Gasteiger partial charge is 0.316 e. The van der Waals surface area contributed by atoms with Crippen molar-refractivity contribution in [1.29, 1.82) is 0 Å². The molecule has 2 nitrogen and oxygen atoms in total. The number of rotatable bonds is 2. The van der Waals surface area contributed by atoms with Gasteiger partial charge in [0.1, 0.15) is 0 Å². The van der Waals surface area contributed by atoms with Crippen LogP contribution in [0.15, 0.2) is 0 Å². The molecule has 2 atom stereocenters. The summed E-state index contributed by atoms with van der Waals surface area (Å²) in [5.41, 5.74) is 0. The van der Waals surface area contributed by atoms with Crippen LogP contribution in [0.4, 0.5) is 0 Å². The molecular formula is C8H17NOS. The van der Waals surface area contributed by atoms with Crippen molar-refractivity contribution in [3.63, 3.8) is 0 Å². The highest BCUT2D eigenvalue weighted by Gasteiger charge is 2.21. The molecule has 1 heterocycles. The van der Waals surface area contributed by atoms with Crippen LogP contribution in [-0.2, 0) is 10.8 Å². The van der Waals surface area contributed by atoms with E-state index in [0.29, 0.717) is 10.5 Å². The fourth-order valence-corrected chi connectivity index (χ4v) is 2.85. The van der Waals surface area contributed by atoms with Gasteiger partial charge in [-0.2, -0.15) is 0 Å². The van der Waals surface area contributed by atoms with E-state index < -0.39 is 10.8 Å². The van der Waals surface area contributed by atoms with E-state index in [0.717, 1.165) is 19.5 Å². The monoisotopic (exact) mass is 175 g/mol. The summed E-state index contributed by atoms with van der Waals surface area (Å²) in [4.78, 5) is 0. The minimum absolute atomic E-state index is 0.319. The predicted molar refractivity (Wildman–Crippen MR) is 49.2 cm³/mol. The van der Waals surface area contributed by atoms with Crippen LogP contribution < -0.4 is 5.32 Å². The van der Waals surface area contributed by atoms with Gasteiger partial charge in [0.2, 0.25) is 0 Å². The third-order valence-corrected chi connectivity index (χ3v) is 4.03. The molecule has 1 saturated heterocycles. The van der Waals surface area contributed by atoms with Gasteiger partial charge in [0.15, 0.2) is 0 Å². The van der Waals surface area contributed by atoms with Crippen molar-refractivity contribution in [3.05, 3.63) is 0 Å². The molecule has 2 unspecified atom stereocenters. The Labute approximate surface area is 71.2 Å². The summed E-state index contributed by atoms with van der Waals surface area (Å²) in [6.07, 6.45) is 2.32. The quantitative estimate of drug-likeness (QED) is 0.675. The van der Waals surface area contributed by atoms with Crippen LogP contribution in [0.1, 0.15) is 26.7 Å². The number of hydrogen-bond donors (Lipinski definition) is 1. The lowest BCUT2D eigenvalue weighted by molar-refractivity contribution is 0.518. The SMILES string of the molecule is CC(C)S(=O)C1CCCNC1. The van der Waals surface area contributed by atoms with Crippen LogP contribution in [-0.4, -0.2) is 27.8 Å². The van der Waals surface area contributed by atoms with Gasteiger partial charge in [-0.3, -0.25) is 4.21 Å². The molecule has 0 spiro atoms. The van der Waals surface area contributed by atoms with Gasteiger partial charge in [-0.05, 0) is 19.4 Å². The molecule has 0 amide bonds. The molecule has 1 fully saturated rings. The third-order valence-electron chi connectivity index (χ3n) is 2.04. The van der Waals surface area contributed by atoms with Gasteiger partial charge < -0.3 is 5.32 Å². The summed E-state index contributed by atoms with van der Waals surface area (Å²) in [6.45, 7) is 6.12. The zero-order valence-electron chi connectivity index (χ0n) is 7.30. The van der Waals surface area contributed by atoms with Gasteiger partial charge >= 0.3 is 0 Å². The van der Waals surface area contributed by atoms with Gasteiger partial charge in [-0.15, -0.1) is 0 Å². The van der Waals surface area contributed by atoms with Crippen molar-refractivity contribution in [2.75, 3.05) is 13.1 Å². The molecule has 0 aromatic heterocycles. The first-order valence-corrected chi connectivity index (χ1v) is 5.59. The second-order valence-corrected chi connectivity index (χ2v) is 5.61. The van der Waals surface area contributed by atoms with Gasteiger partial charge in [0.25, 0.3) is 0 Å². The highest BCUT2D eigenvalue weighted by atomic mass is 32.2. The van der Waals surface area contributed by atoms with Crippen LogP contribution >= 0.6 is 0 Å².